The average Bonchev–Trinajstić information content (AvgIpc) is 2.78. The molecule has 0 spiro atoms. The monoisotopic (exact) mass is 459 g/mol. The Morgan fingerprint density at radius 2 is 1.79 bits per heavy atom. The second-order valence-corrected chi connectivity index (χ2v) is 7.78. The number of amides is 1. The summed E-state index contributed by atoms with van der Waals surface area (Å²) in [5.41, 5.74) is 0.115. The largest absolute Gasteiger partial charge is 0.465 e. The van der Waals surface area contributed by atoms with E-state index in [2.05, 4.69) is 15.4 Å². The van der Waals surface area contributed by atoms with Gasteiger partial charge in [0.2, 0.25) is 0 Å². The zero-order chi connectivity index (χ0) is 24.3. The van der Waals surface area contributed by atoms with Gasteiger partial charge in [0.25, 0.3) is 5.69 Å². The molecule has 0 atom stereocenters. The highest BCUT2D eigenvalue weighted by atomic mass is 16.6. The lowest BCUT2D eigenvalue weighted by molar-refractivity contribution is -0.384. The Bertz CT molecular complexity index is 948. The van der Waals surface area contributed by atoms with Crippen LogP contribution in [0.3, 0.4) is 0 Å². The van der Waals surface area contributed by atoms with Crippen molar-refractivity contribution in [2.75, 3.05) is 32.1 Å². The molecule has 178 valence electrons. The molecule has 0 saturated heterocycles. The second kappa shape index (κ2) is 12.4. The van der Waals surface area contributed by atoms with Gasteiger partial charge in [-0.2, -0.15) is 0 Å². The van der Waals surface area contributed by atoms with Crippen LogP contribution in [0.15, 0.2) is 48.5 Å². The van der Waals surface area contributed by atoms with Crippen molar-refractivity contribution in [2.45, 2.75) is 32.5 Å². The highest BCUT2D eigenvalue weighted by molar-refractivity contribution is 5.98. The number of anilines is 1. The Kier molecular flexibility index (Phi) is 9.62. The molecular weight excluding hydrogens is 430 g/mol. The van der Waals surface area contributed by atoms with Crippen molar-refractivity contribution in [3.63, 3.8) is 0 Å². The van der Waals surface area contributed by atoms with Gasteiger partial charge >= 0.3 is 12.1 Å². The maximum absolute atomic E-state index is 12.1. The standard InChI is InChI=1S/C23H29N3O7/c1-23(2,16-32-15-17-9-5-4-6-10-17)33-22(28)25-14-8-13-24-20-18(21(27)31-3)11-7-12-19(20)26(29)30/h4-7,9-12,24H,8,13-16H2,1-3H3,(H,25,28). The van der Waals surface area contributed by atoms with E-state index in [0.717, 1.165) is 5.56 Å². The number of para-hydroxylation sites is 1. The van der Waals surface area contributed by atoms with Gasteiger partial charge in [-0.25, -0.2) is 9.59 Å². The molecule has 10 heteroatoms. The molecule has 2 N–H and O–H groups in total. The second-order valence-electron chi connectivity index (χ2n) is 7.78. The SMILES string of the molecule is COC(=O)c1cccc([N+](=O)[O-])c1NCCCNC(=O)OC(C)(C)COCc1ccccc1. The summed E-state index contributed by atoms with van der Waals surface area (Å²) in [6.07, 6.45) is -0.156. The van der Waals surface area contributed by atoms with E-state index < -0.39 is 22.6 Å². The Balaban J connectivity index is 1.75. The lowest BCUT2D eigenvalue weighted by atomic mass is 10.1. The third-order valence-corrected chi connectivity index (χ3v) is 4.50. The molecule has 2 aromatic carbocycles. The van der Waals surface area contributed by atoms with Crippen LogP contribution in [0.5, 0.6) is 0 Å². The van der Waals surface area contributed by atoms with Gasteiger partial charge in [-0.15, -0.1) is 0 Å². The van der Waals surface area contributed by atoms with Gasteiger partial charge in [0.05, 0.1) is 30.8 Å². The molecule has 0 saturated carbocycles. The number of nitrogens with zero attached hydrogens (tertiary/aromatic N) is 1. The van der Waals surface area contributed by atoms with E-state index >= 15 is 0 Å². The fourth-order valence-corrected chi connectivity index (χ4v) is 2.96. The van der Waals surface area contributed by atoms with E-state index in [-0.39, 0.29) is 36.6 Å². The first-order valence-electron chi connectivity index (χ1n) is 10.4. The molecule has 0 bridgehead atoms. The first kappa shape index (κ1) is 25.6. The zero-order valence-corrected chi connectivity index (χ0v) is 19.0. The number of benzene rings is 2. The van der Waals surface area contributed by atoms with Gasteiger partial charge in [-0.3, -0.25) is 10.1 Å². The molecule has 0 radical (unpaired) electrons. The Morgan fingerprint density at radius 1 is 1.06 bits per heavy atom. The van der Waals surface area contributed by atoms with E-state index in [4.69, 9.17) is 9.47 Å². The summed E-state index contributed by atoms with van der Waals surface area (Å²) in [5, 5.41) is 16.8. The topological polar surface area (TPSA) is 129 Å². The number of nitro benzene ring substituents is 1. The third kappa shape index (κ3) is 8.41. The summed E-state index contributed by atoms with van der Waals surface area (Å²) in [4.78, 5) is 34.7. The first-order valence-corrected chi connectivity index (χ1v) is 10.4. The van der Waals surface area contributed by atoms with Crippen molar-refractivity contribution in [3.8, 4) is 0 Å². The summed E-state index contributed by atoms with van der Waals surface area (Å²) >= 11 is 0. The zero-order valence-electron chi connectivity index (χ0n) is 19.0. The maximum Gasteiger partial charge on any atom is 0.407 e. The molecule has 2 aromatic rings. The van der Waals surface area contributed by atoms with Crippen LogP contribution in [-0.4, -0.2) is 49.4 Å². The molecule has 0 aromatic heterocycles. The quantitative estimate of drug-likeness (QED) is 0.212. The fourth-order valence-electron chi connectivity index (χ4n) is 2.96. The van der Waals surface area contributed by atoms with Crippen LogP contribution in [0.2, 0.25) is 0 Å². The van der Waals surface area contributed by atoms with Crippen LogP contribution >= 0.6 is 0 Å². The number of methoxy groups -OCH3 is 1. The molecule has 0 heterocycles. The molecule has 0 aliphatic carbocycles. The van der Waals surface area contributed by atoms with Crippen molar-refractivity contribution < 1.29 is 28.7 Å². The molecule has 0 aliphatic heterocycles. The number of esters is 1. The molecular formula is C23H29N3O7. The summed E-state index contributed by atoms with van der Waals surface area (Å²) in [6.45, 7) is 4.69. The van der Waals surface area contributed by atoms with Crippen LogP contribution in [0, 0.1) is 10.1 Å². The highest BCUT2D eigenvalue weighted by Gasteiger charge is 2.24. The number of nitro groups is 1. The molecule has 1 amide bonds. The first-order chi connectivity index (χ1) is 15.7. The number of alkyl carbamates (subject to hydrolysis) is 1. The van der Waals surface area contributed by atoms with Crippen LogP contribution in [0.4, 0.5) is 16.2 Å². The summed E-state index contributed by atoms with van der Waals surface area (Å²) in [7, 11) is 1.20. The summed E-state index contributed by atoms with van der Waals surface area (Å²) in [5.74, 6) is -0.681. The van der Waals surface area contributed by atoms with Crippen LogP contribution < -0.4 is 10.6 Å². The number of carbonyl (C=O) groups excluding carboxylic acids is 2. The summed E-state index contributed by atoms with van der Waals surface area (Å²) < 4.78 is 15.7. The van der Waals surface area contributed by atoms with Crippen molar-refractivity contribution in [2.24, 2.45) is 0 Å². The van der Waals surface area contributed by atoms with Gasteiger partial charge < -0.3 is 24.8 Å². The number of nitrogens with one attached hydrogen (secondary N) is 2. The number of hydrogen-bond acceptors (Lipinski definition) is 8. The normalized spacial score (nSPS) is 10.9. The number of hydrogen-bond donors (Lipinski definition) is 2. The van der Waals surface area contributed by atoms with Crippen molar-refractivity contribution in [1.29, 1.82) is 0 Å². The number of carbonyl (C=O) groups is 2. The average molecular weight is 459 g/mol. The van der Waals surface area contributed by atoms with Crippen LogP contribution in [0.25, 0.3) is 0 Å². The predicted molar refractivity (Wildman–Crippen MR) is 122 cm³/mol. The third-order valence-electron chi connectivity index (χ3n) is 4.50. The van der Waals surface area contributed by atoms with Gasteiger partial charge in [-0.05, 0) is 31.9 Å². The van der Waals surface area contributed by atoms with Crippen molar-refractivity contribution >= 4 is 23.4 Å². The number of rotatable bonds is 12. The summed E-state index contributed by atoms with van der Waals surface area (Å²) in [6, 6.07) is 13.8. The molecule has 0 aliphatic rings. The lowest BCUT2D eigenvalue weighted by Crippen LogP contribution is -2.38. The minimum Gasteiger partial charge on any atom is -0.465 e. The van der Waals surface area contributed by atoms with E-state index in [0.29, 0.717) is 13.0 Å². The van der Waals surface area contributed by atoms with E-state index in [1.54, 1.807) is 13.8 Å². The van der Waals surface area contributed by atoms with Crippen molar-refractivity contribution in [3.05, 3.63) is 69.8 Å². The van der Waals surface area contributed by atoms with Crippen LogP contribution in [0.1, 0.15) is 36.2 Å². The Labute approximate surface area is 192 Å². The van der Waals surface area contributed by atoms with Crippen LogP contribution in [-0.2, 0) is 20.8 Å². The van der Waals surface area contributed by atoms with E-state index in [1.807, 2.05) is 30.3 Å². The molecule has 10 nitrogen and oxygen atoms in total. The molecule has 0 unspecified atom stereocenters. The van der Waals surface area contributed by atoms with Gasteiger partial charge in [-0.1, -0.05) is 36.4 Å². The van der Waals surface area contributed by atoms with Crippen molar-refractivity contribution in [1.82, 2.24) is 5.32 Å². The minimum absolute atomic E-state index is 0.0660. The minimum atomic E-state index is -0.822. The Morgan fingerprint density at radius 3 is 2.45 bits per heavy atom. The highest BCUT2D eigenvalue weighted by Crippen LogP contribution is 2.28. The fraction of sp³-hybridized carbons (Fsp3) is 0.391. The molecule has 0 fully saturated rings. The number of ether oxygens (including phenoxy) is 3. The van der Waals surface area contributed by atoms with Gasteiger partial charge in [0.15, 0.2) is 0 Å². The predicted octanol–water partition coefficient (Wildman–Crippen LogP) is 3.91. The Hall–Kier alpha value is -3.66. The smallest absolute Gasteiger partial charge is 0.407 e. The lowest BCUT2D eigenvalue weighted by Gasteiger charge is -2.25. The van der Waals surface area contributed by atoms with E-state index in [1.165, 1.54) is 25.3 Å². The molecule has 33 heavy (non-hydrogen) atoms. The van der Waals surface area contributed by atoms with Gasteiger partial charge in [0, 0.05) is 19.2 Å². The molecule has 2 rings (SSSR count). The maximum atomic E-state index is 12.1. The van der Waals surface area contributed by atoms with Gasteiger partial charge in [0.1, 0.15) is 11.3 Å². The van der Waals surface area contributed by atoms with E-state index in [9.17, 15) is 19.7 Å².